The van der Waals surface area contributed by atoms with Crippen LogP contribution >= 0.6 is 0 Å². The standard InChI is InChI=1S/C22H20N4O3S/c27-20-6-5-15-11-19(12-16-7-10-26(20)22(15)16)30(28,29)25-14-18-4-2-9-24-21(18)17-3-1-8-23-13-17/h1-4,8-9,11-13,25H,5-7,10,14H2. The lowest BCUT2D eigenvalue weighted by Crippen LogP contribution is -2.33. The van der Waals surface area contributed by atoms with E-state index in [9.17, 15) is 13.2 Å². The minimum atomic E-state index is -3.72. The molecule has 0 saturated heterocycles. The minimum absolute atomic E-state index is 0.120. The molecule has 0 fully saturated rings. The van der Waals surface area contributed by atoms with E-state index in [4.69, 9.17) is 0 Å². The maximum Gasteiger partial charge on any atom is 0.240 e. The molecule has 0 saturated carbocycles. The number of anilines is 1. The Balaban J connectivity index is 1.43. The molecule has 0 unspecified atom stereocenters. The Morgan fingerprint density at radius 1 is 1.03 bits per heavy atom. The molecule has 152 valence electrons. The number of nitrogens with one attached hydrogen (secondary N) is 1. The number of hydrogen-bond donors (Lipinski definition) is 1. The van der Waals surface area contributed by atoms with Crippen LogP contribution < -0.4 is 9.62 Å². The smallest absolute Gasteiger partial charge is 0.240 e. The summed E-state index contributed by atoms with van der Waals surface area (Å²) < 4.78 is 28.8. The van der Waals surface area contributed by atoms with Crippen molar-refractivity contribution < 1.29 is 13.2 Å². The highest BCUT2D eigenvalue weighted by molar-refractivity contribution is 7.89. The summed E-state index contributed by atoms with van der Waals surface area (Å²) in [4.78, 5) is 22.7. The fraction of sp³-hybridized carbons (Fsp3) is 0.227. The molecular formula is C22H20N4O3S. The lowest BCUT2D eigenvalue weighted by atomic mass is 10.00. The van der Waals surface area contributed by atoms with E-state index in [0.29, 0.717) is 31.5 Å². The molecule has 7 nitrogen and oxygen atoms in total. The van der Waals surface area contributed by atoms with Gasteiger partial charge in [0.15, 0.2) is 0 Å². The molecule has 0 radical (unpaired) electrons. The second-order valence-corrected chi connectivity index (χ2v) is 9.23. The van der Waals surface area contributed by atoms with Crippen molar-refractivity contribution in [2.45, 2.75) is 30.7 Å². The van der Waals surface area contributed by atoms with Gasteiger partial charge in [0.25, 0.3) is 0 Å². The zero-order chi connectivity index (χ0) is 20.7. The van der Waals surface area contributed by atoms with Gasteiger partial charge < -0.3 is 4.90 Å². The maximum absolute atomic E-state index is 13.1. The molecule has 5 rings (SSSR count). The number of nitrogens with zero attached hydrogens (tertiary/aromatic N) is 3. The highest BCUT2D eigenvalue weighted by Gasteiger charge is 2.32. The number of benzene rings is 1. The molecule has 2 aromatic heterocycles. The largest absolute Gasteiger partial charge is 0.312 e. The summed E-state index contributed by atoms with van der Waals surface area (Å²) in [6.07, 6.45) is 6.76. The number of amides is 1. The van der Waals surface area contributed by atoms with Crippen LogP contribution in [0.2, 0.25) is 0 Å². The van der Waals surface area contributed by atoms with Gasteiger partial charge in [0, 0.05) is 43.7 Å². The minimum Gasteiger partial charge on any atom is -0.312 e. The van der Waals surface area contributed by atoms with E-state index in [1.165, 1.54) is 0 Å². The Bertz CT molecular complexity index is 1240. The van der Waals surface area contributed by atoms with E-state index in [1.54, 1.807) is 41.7 Å². The fourth-order valence-electron chi connectivity index (χ4n) is 4.18. The Kier molecular flexibility index (Phi) is 4.60. The molecule has 0 spiro atoms. The van der Waals surface area contributed by atoms with Gasteiger partial charge in [-0.25, -0.2) is 13.1 Å². The van der Waals surface area contributed by atoms with Crippen LogP contribution in [-0.2, 0) is 34.2 Å². The molecule has 0 aliphatic carbocycles. The fourth-order valence-corrected chi connectivity index (χ4v) is 5.29. The second kappa shape index (κ2) is 7.30. The predicted octanol–water partition coefficient (Wildman–Crippen LogP) is 2.46. The molecule has 1 N–H and O–H groups in total. The van der Waals surface area contributed by atoms with Crippen molar-refractivity contribution in [3.8, 4) is 11.3 Å². The van der Waals surface area contributed by atoms with E-state index < -0.39 is 10.0 Å². The molecule has 3 aromatic rings. The molecule has 2 aliphatic heterocycles. The lowest BCUT2D eigenvalue weighted by molar-refractivity contribution is -0.118. The Labute approximate surface area is 174 Å². The Hall–Kier alpha value is -3.10. The molecule has 0 bridgehead atoms. The van der Waals surface area contributed by atoms with Crippen LogP contribution in [0.4, 0.5) is 5.69 Å². The highest BCUT2D eigenvalue weighted by atomic mass is 32.2. The first-order valence-corrected chi connectivity index (χ1v) is 11.3. The molecule has 1 aromatic carbocycles. The van der Waals surface area contributed by atoms with E-state index in [2.05, 4.69) is 14.7 Å². The third kappa shape index (κ3) is 3.28. The maximum atomic E-state index is 13.1. The summed E-state index contributed by atoms with van der Waals surface area (Å²) in [5, 5.41) is 0. The molecule has 2 aliphatic rings. The van der Waals surface area contributed by atoms with Crippen molar-refractivity contribution in [2.75, 3.05) is 11.4 Å². The third-order valence-corrected chi connectivity index (χ3v) is 7.00. The predicted molar refractivity (Wildman–Crippen MR) is 112 cm³/mol. The summed E-state index contributed by atoms with van der Waals surface area (Å²) in [6, 6.07) is 10.8. The summed E-state index contributed by atoms with van der Waals surface area (Å²) in [7, 11) is -3.72. The first-order chi connectivity index (χ1) is 14.5. The van der Waals surface area contributed by atoms with Crippen molar-refractivity contribution in [1.82, 2.24) is 14.7 Å². The van der Waals surface area contributed by atoms with Crippen LogP contribution in [0.25, 0.3) is 11.3 Å². The molecule has 4 heterocycles. The number of aryl methyl sites for hydroxylation is 1. The van der Waals surface area contributed by atoms with Crippen LogP contribution in [0, 0.1) is 0 Å². The third-order valence-electron chi connectivity index (χ3n) is 5.61. The summed E-state index contributed by atoms with van der Waals surface area (Å²) >= 11 is 0. The normalized spacial score (nSPS) is 15.3. The Morgan fingerprint density at radius 3 is 2.63 bits per heavy atom. The molecular weight excluding hydrogens is 400 g/mol. The first kappa shape index (κ1) is 18.9. The van der Waals surface area contributed by atoms with E-state index in [1.807, 2.05) is 18.2 Å². The number of pyridine rings is 2. The lowest BCUT2D eigenvalue weighted by Gasteiger charge is -2.25. The SMILES string of the molecule is O=C1CCc2cc(S(=O)(=O)NCc3cccnc3-c3cccnc3)cc3c2N1CC3. The van der Waals surface area contributed by atoms with Gasteiger partial charge in [-0.05, 0) is 59.9 Å². The second-order valence-electron chi connectivity index (χ2n) is 7.46. The van der Waals surface area contributed by atoms with Crippen LogP contribution in [0.5, 0.6) is 0 Å². The molecule has 0 atom stereocenters. The van der Waals surface area contributed by atoms with E-state index in [-0.39, 0.29) is 17.3 Å². The number of rotatable bonds is 5. The summed E-state index contributed by atoms with van der Waals surface area (Å²) in [5.74, 6) is 0.120. The van der Waals surface area contributed by atoms with Crippen LogP contribution in [0.1, 0.15) is 23.1 Å². The molecule has 30 heavy (non-hydrogen) atoms. The highest BCUT2D eigenvalue weighted by Crippen LogP contribution is 2.38. The number of aromatic nitrogens is 2. The van der Waals surface area contributed by atoms with Gasteiger partial charge in [-0.1, -0.05) is 6.07 Å². The van der Waals surface area contributed by atoms with Gasteiger partial charge in [0.2, 0.25) is 15.9 Å². The van der Waals surface area contributed by atoms with Crippen LogP contribution in [0.15, 0.2) is 59.9 Å². The number of hydrogen-bond acceptors (Lipinski definition) is 5. The van der Waals surface area contributed by atoms with Crippen LogP contribution in [0.3, 0.4) is 0 Å². The first-order valence-electron chi connectivity index (χ1n) is 9.83. The zero-order valence-corrected chi connectivity index (χ0v) is 17.0. The van der Waals surface area contributed by atoms with Gasteiger partial charge in [-0.3, -0.25) is 14.8 Å². The van der Waals surface area contributed by atoms with E-state index >= 15 is 0 Å². The average Bonchev–Trinajstić information content (AvgIpc) is 3.21. The van der Waals surface area contributed by atoms with Gasteiger partial charge in [0.1, 0.15) is 0 Å². The number of carbonyl (C=O) groups is 1. The average molecular weight is 420 g/mol. The zero-order valence-electron chi connectivity index (χ0n) is 16.2. The summed E-state index contributed by atoms with van der Waals surface area (Å²) in [5.41, 5.74) is 5.08. The van der Waals surface area contributed by atoms with Gasteiger partial charge in [-0.15, -0.1) is 0 Å². The van der Waals surface area contributed by atoms with Gasteiger partial charge >= 0.3 is 0 Å². The van der Waals surface area contributed by atoms with Crippen molar-refractivity contribution in [3.63, 3.8) is 0 Å². The quantitative estimate of drug-likeness (QED) is 0.685. The van der Waals surface area contributed by atoms with E-state index in [0.717, 1.165) is 27.9 Å². The molecule has 1 amide bonds. The number of sulfonamides is 1. The number of carbonyl (C=O) groups excluding carboxylic acids is 1. The van der Waals surface area contributed by atoms with Crippen molar-refractivity contribution in [3.05, 3.63) is 71.7 Å². The molecule has 8 heteroatoms. The van der Waals surface area contributed by atoms with Gasteiger partial charge in [-0.2, -0.15) is 0 Å². The summed E-state index contributed by atoms with van der Waals surface area (Å²) in [6.45, 7) is 0.750. The van der Waals surface area contributed by atoms with Gasteiger partial charge in [0.05, 0.1) is 16.3 Å². The monoisotopic (exact) mass is 420 g/mol. The van der Waals surface area contributed by atoms with Crippen molar-refractivity contribution >= 4 is 21.6 Å². The van der Waals surface area contributed by atoms with Crippen molar-refractivity contribution in [2.24, 2.45) is 0 Å². The topological polar surface area (TPSA) is 92.3 Å². The van der Waals surface area contributed by atoms with Crippen LogP contribution in [-0.4, -0.2) is 30.8 Å². The Morgan fingerprint density at radius 2 is 1.83 bits per heavy atom. The van der Waals surface area contributed by atoms with Crippen molar-refractivity contribution in [1.29, 1.82) is 0 Å².